The van der Waals surface area contributed by atoms with E-state index in [9.17, 15) is 4.79 Å². The van der Waals surface area contributed by atoms with Crippen LogP contribution in [-0.2, 0) is 4.79 Å². The molecule has 2 aromatic rings. The van der Waals surface area contributed by atoms with Crippen LogP contribution in [0.2, 0.25) is 5.02 Å². The highest BCUT2D eigenvalue weighted by atomic mass is 35.5. The molecule has 22 heavy (non-hydrogen) atoms. The normalized spacial score (nSPS) is 11.8. The molecule has 0 spiro atoms. The van der Waals surface area contributed by atoms with Gasteiger partial charge in [-0.3, -0.25) is 4.79 Å². The molecule has 3 nitrogen and oxygen atoms in total. The van der Waals surface area contributed by atoms with E-state index in [4.69, 9.17) is 16.3 Å². The molecule has 0 saturated heterocycles. The number of ether oxygens (including phenoxy) is 1. The Kier molecular flexibility index (Phi) is 5.45. The maximum absolute atomic E-state index is 12.4. The molecular weight excluding hydrogens is 298 g/mol. The topological polar surface area (TPSA) is 38.3 Å². The molecule has 0 bridgehead atoms. The average Bonchev–Trinajstić information content (AvgIpc) is 2.49. The lowest BCUT2D eigenvalue weighted by molar-refractivity contribution is -0.122. The number of anilines is 1. The fraction of sp³-hybridized carbons (Fsp3) is 0.278. The molecule has 2 aromatic carbocycles. The molecule has 1 N–H and O–H groups in total. The number of rotatable bonds is 5. The predicted octanol–water partition coefficient (Wildman–Crippen LogP) is 4.75. The maximum Gasteiger partial charge on any atom is 0.265 e. The van der Waals surface area contributed by atoms with Crippen LogP contribution in [0.1, 0.15) is 24.5 Å². The summed E-state index contributed by atoms with van der Waals surface area (Å²) in [7, 11) is 0. The van der Waals surface area contributed by atoms with Crippen molar-refractivity contribution in [3.8, 4) is 5.75 Å². The highest BCUT2D eigenvalue weighted by molar-refractivity contribution is 6.31. The summed E-state index contributed by atoms with van der Waals surface area (Å²) >= 11 is 6.08. The van der Waals surface area contributed by atoms with Crippen molar-refractivity contribution in [2.75, 3.05) is 5.32 Å². The molecule has 4 heteroatoms. The zero-order valence-corrected chi connectivity index (χ0v) is 13.8. The molecule has 1 atom stereocenters. The first-order valence-electron chi connectivity index (χ1n) is 7.30. The van der Waals surface area contributed by atoms with E-state index in [0.717, 1.165) is 11.1 Å². The number of carbonyl (C=O) groups is 1. The van der Waals surface area contributed by atoms with Crippen LogP contribution < -0.4 is 10.1 Å². The first kappa shape index (κ1) is 16.4. The van der Waals surface area contributed by atoms with E-state index >= 15 is 0 Å². The standard InChI is InChI=1S/C18H20ClNO2/c1-4-17(22-14-8-5-7-12(2)11-14)18(21)20-16-10-6-9-15(19)13(16)3/h5-11,17H,4H2,1-3H3,(H,20,21)/t17-/m0/s1. The van der Waals surface area contributed by atoms with Crippen LogP contribution >= 0.6 is 11.6 Å². The number of amides is 1. The monoisotopic (exact) mass is 317 g/mol. The number of nitrogens with one attached hydrogen (secondary N) is 1. The number of halogens is 1. The molecule has 0 unspecified atom stereocenters. The van der Waals surface area contributed by atoms with Crippen molar-refractivity contribution >= 4 is 23.2 Å². The van der Waals surface area contributed by atoms with Crippen LogP contribution in [0.3, 0.4) is 0 Å². The highest BCUT2D eigenvalue weighted by Gasteiger charge is 2.19. The van der Waals surface area contributed by atoms with Gasteiger partial charge in [0.1, 0.15) is 5.75 Å². The number of hydrogen-bond donors (Lipinski definition) is 1. The molecule has 0 aliphatic carbocycles. The highest BCUT2D eigenvalue weighted by Crippen LogP contribution is 2.23. The summed E-state index contributed by atoms with van der Waals surface area (Å²) in [5.74, 6) is 0.527. The summed E-state index contributed by atoms with van der Waals surface area (Å²) in [5, 5.41) is 3.52. The fourth-order valence-corrected chi connectivity index (χ4v) is 2.31. The zero-order valence-electron chi connectivity index (χ0n) is 13.0. The number of hydrogen-bond acceptors (Lipinski definition) is 2. The lowest BCUT2D eigenvalue weighted by Gasteiger charge is -2.18. The minimum atomic E-state index is -0.541. The van der Waals surface area contributed by atoms with Crippen LogP contribution in [0.15, 0.2) is 42.5 Å². The number of aryl methyl sites for hydroxylation is 1. The van der Waals surface area contributed by atoms with Gasteiger partial charge in [0.05, 0.1) is 0 Å². The predicted molar refractivity (Wildman–Crippen MR) is 90.7 cm³/mol. The van der Waals surface area contributed by atoms with Crippen molar-refractivity contribution in [1.82, 2.24) is 0 Å². The first-order chi connectivity index (χ1) is 10.5. The third-order valence-electron chi connectivity index (χ3n) is 3.46. The second-order valence-corrected chi connectivity index (χ2v) is 5.64. The molecular formula is C18H20ClNO2. The van der Waals surface area contributed by atoms with Crippen LogP contribution in [0.25, 0.3) is 0 Å². The van der Waals surface area contributed by atoms with Crippen molar-refractivity contribution < 1.29 is 9.53 Å². The molecule has 0 saturated carbocycles. The maximum atomic E-state index is 12.4. The number of carbonyl (C=O) groups excluding carboxylic acids is 1. The fourth-order valence-electron chi connectivity index (χ4n) is 2.13. The van der Waals surface area contributed by atoms with Crippen molar-refractivity contribution in [3.63, 3.8) is 0 Å². The van der Waals surface area contributed by atoms with Gasteiger partial charge in [-0.25, -0.2) is 0 Å². The molecule has 2 rings (SSSR count). The van der Waals surface area contributed by atoms with Crippen LogP contribution in [0, 0.1) is 13.8 Å². The third kappa shape index (κ3) is 4.01. The van der Waals surface area contributed by atoms with E-state index in [1.807, 2.05) is 57.2 Å². The molecule has 0 aliphatic heterocycles. The van der Waals surface area contributed by atoms with Crippen LogP contribution in [-0.4, -0.2) is 12.0 Å². The zero-order chi connectivity index (χ0) is 16.1. The molecule has 0 fully saturated rings. The molecule has 0 aliphatic rings. The smallest absolute Gasteiger partial charge is 0.265 e. The van der Waals surface area contributed by atoms with Crippen LogP contribution in [0.5, 0.6) is 5.75 Å². The van der Waals surface area contributed by atoms with Crippen molar-refractivity contribution in [2.24, 2.45) is 0 Å². The summed E-state index contributed by atoms with van der Waals surface area (Å²) < 4.78 is 5.80. The van der Waals surface area contributed by atoms with Gasteiger partial charge in [-0.15, -0.1) is 0 Å². The van der Waals surface area contributed by atoms with Gasteiger partial charge in [0.25, 0.3) is 5.91 Å². The Morgan fingerprint density at radius 2 is 1.95 bits per heavy atom. The summed E-state index contributed by atoms with van der Waals surface area (Å²) in [4.78, 5) is 12.4. The van der Waals surface area contributed by atoms with E-state index in [2.05, 4.69) is 5.32 Å². The Labute approximate surface area is 136 Å². The van der Waals surface area contributed by atoms with Gasteiger partial charge in [0.2, 0.25) is 0 Å². The first-order valence-corrected chi connectivity index (χ1v) is 7.68. The van der Waals surface area contributed by atoms with Gasteiger partial charge >= 0.3 is 0 Å². The second-order valence-electron chi connectivity index (χ2n) is 5.23. The Morgan fingerprint density at radius 3 is 2.64 bits per heavy atom. The Morgan fingerprint density at radius 1 is 1.23 bits per heavy atom. The van der Waals surface area contributed by atoms with Gasteiger partial charge in [0, 0.05) is 10.7 Å². The van der Waals surface area contributed by atoms with Gasteiger partial charge < -0.3 is 10.1 Å². The van der Waals surface area contributed by atoms with E-state index < -0.39 is 6.10 Å². The van der Waals surface area contributed by atoms with E-state index in [-0.39, 0.29) is 5.91 Å². The minimum absolute atomic E-state index is 0.172. The Bertz CT molecular complexity index is 670. The molecule has 0 aromatic heterocycles. The van der Waals surface area contributed by atoms with Crippen molar-refractivity contribution in [1.29, 1.82) is 0 Å². The lowest BCUT2D eigenvalue weighted by Crippen LogP contribution is -2.32. The van der Waals surface area contributed by atoms with Gasteiger partial charge in [-0.1, -0.05) is 36.7 Å². The Balaban J connectivity index is 2.10. The summed E-state index contributed by atoms with van der Waals surface area (Å²) in [6.07, 6.45) is 0.0412. The lowest BCUT2D eigenvalue weighted by atomic mass is 10.2. The van der Waals surface area contributed by atoms with Crippen molar-refractivity contribution in [2.45, 2.75) is 33.3 Å². The van der Waals surface area contributed by atoms with E-state index in [1.165, 1.54) is 0 Å². The summed E-state index contributed by atoms with van der Waals surface area (Å²) in [6.45, 7) is 5.79. The average molecular weight is 318 g/mol. The summed E-state index contributed by atoms with van der Waals surface area (Å²) in [5.41, 5.74) is 2.66. The largest absolute Gasteiger partial charge is 0.481 e. The molecule has 0 radical (unpaired) electrons. The van der Waals surface area contributed by atoms with Crippen molar-refractivity contribution in [3.05, 3.63) is 58.6 Å². The quantitative estimate of drug-likeness (QED) is 0.864. The van der Waals surface area contributed by atoms with Gasteiger partial charge in [0.15, 0.2) is 6.10 Å². The molecule has 1 amide bonds. The second kappa shape index (κ2) is 7.32. The third-order valence-corrected chi connectivity index (χ3v) is 3.87. The molecule has 116 valence electrons. The summed E-state index contributed by atoms with van der Waals surface area (Å²) in [6, 6.07) is 13.1. The van der Waals surface area contributed by atoms with E-state index in [1.54, 1.807) is 6.07 Å². The Hall–Kier alpha value is -2.00. The van der Waals surface area contributed by atoms with Crippen LogP contribution in [0.4, 0.5) is 5.69 Å². The van der Waals surface area contributed by atoms with Gasteiger partial charge in [-0.05, 0) is 55.7 Å². The SMILES string of the molecule is CC[C@H](Oc1cccc(C)c1)C(=O)Nc1cccc(Cl)c1C. The van der Waals surface area contributed by atoms with Gasteiger partial charge in [-0.2, -0.15) is 0 Å². The number of benzene rings is 2. The van der Waals surface area contributed by atoms with E-state index in [0.29, 0.717) is 22.9 Å². The minimum Gasteiger partial charge on any atom is -0.481 e. The molecule has 0 heterocycles.